The lowest BCUT2D eigenvalue weighted by Crippen LogP contribution is -2.46. The van der Waals surface area contributed by atoms with Crippen molar-refractivity contribution in [2.24, 2.45) is 10.7 Å². The highest BCUT2D eigenvalue weighted by Gasteiger charge is 2.19. The van der Waals surface area contributed by atoms with Crippen molar-refractivity contribution in [2.75, 3.05) is 13.1 Å². The number of piperidine rings is 1. The highest BCUT2D eigenvalue weighted by Crippen LogP contribution is 2.14. The normalized spacial score (nSPS) is 17.1. The number of nitrogens with zero attached hydrogens (tertiary/aromatic N) is 3. The van der Waals surface area contributed by atoms with Gasteiger partial charge in [0.15, 0.2) is 5.96 Å². The van der Waals surface area contributed by atoms with Crippen molar-refractivity contribution in [1.29, 1.82) is 0 Å². The number of aliphatic imine (C=N–C) groups is 1. The first-order valence-corrected chi connectivity index (χ1v) is 9.25. The van der Waals surface area contributed by atoms with Gasteiger partial charge in [0.2, 0.25) is 0 Å². The average molecular weight is 344 g/mol. The summed E-state index contributed by atoms with van der Waals surface area (Å²) in [5.41, 5.74) is 7.41. The molecular weight excluding hydrogens is 318 g/mol. The van der Waals surface area contributed by atoms with Gasteiger partial charge in [-0.1, -0.05) is 30.3 Å². The molecule has 5 nitrogen and oxygen atoms in total. The zero-order chi connectivity index (χ0) is 16.8. The molecule has 6 heteroatoms. The summed E-state index contributed by atoms with van der Waals surface area (Å²) in [6.07, 6.45) is 4.07. The van der Waals surface area contributed by atoms with Crippen LogP contribution in [0.25, 0.3) is 0 Å². The van der Waals surface area contributed by atoms with Crippen molar-refractivity contribution < 1.29 is 0 Å². The van der Waals surface area contributed by atoms with E-state index in [1.54, 1.807) is 11.3 Å². The number of nitrogens with one attached hydrogen (secondary N) is 1. The van der Waals surface area contributed by atoms with Crippen LogP contribution < -0.4 is 11.1 Å². The molecule has 0 spiro atoms. The highest BCUT2D eigenvalue weighted by atomic mass is 32.1. The third-order valence-electron chi connectivity index (χ3n) is 4.26. The Balaban J connectivity index is 1.41. The summed E-state index contributed by atoms with van der Waals surface area (Å²) in [7, 11) is 0. The van der Waals surface area contributed by atoms with Gasteiger partial charge in [0.25, 0.3) is 0 Å². The van der Waals surface area contributed by atoms with Gasteiger partial charge in [-0.25, -0.2) is 9.98 Å². The molecule has 128 valence electrons. The van der Waals surface area contributed by atoms with Crippen molar-refractivity contribution in [1.82, 2.24) is 15.2 Å². The Morgan fingerprint density at radius 1 is 1.33 bits per heavy atom. The molecule has 1 aliphatic rings. The summed E-state index contributed by atoms with van der Waals surface area (Å²) in [5.74, 6) is 0.544. The van der Waals surface area contributed by atoms with E-state index in [0.29, 0.717) is 18.5 Å². The minimum absolute atomic E-state index is 0.420. The molecule has 24 heavy (non-hydrogen) atoms. The lowest BCUT2D eigenvalue weighted by Gasteiger charge is -2.32. The van der Waals surface area contributed by atoms with Gasteiger partial charge in [-0.15, -0.1) is 11.3 Å². The summed E-state index contributed by atoms with van der Waals surface area (Å²) in [5, 5.41) is 4.43. The SMILES string of the molecule is Cc1ncc(CN=C(N)NC2CCN(Cc3ccccc3)CC2)s1. The second-order valence-electron chi connectivity index (χ2n) is 6.23. The van der Waals surface area contributed by atoms with Gasteiger partial charge in [-0.3, -0.25) is 4.90 Å². The molecule has 2 heterocycles. The molecule has 1 aromatic carbocycles. The molecule has 0 saturated carbocycles. The number of rotatable bonds is 5. The Bertz CT molecular complexity index is 659. The van der Waals surface area contributed by atoms with Gasteiger partial charge in [0, 0.05) is 36.8 Å². The van der Waals surface area contributed by atoms with Crippen LogP contribution >= 0.6 is 11.3 Å². The number of benzene rings is 1. The van der Waals surface area contributed by atoms with Crippen LogP contribution in [0.4, 0.5) is 0 Å². The fourth-order valence-corrected chi connectivity index (χ4v) is 3.69. The standard InChI is InChI=1S/C18H25N5S/c1-14-20-11-17(24-14)12-21-18(19)22-16-7-9-23(10-8-16)13-15-5-3-2-4-6-15/h2-6,11,16H,7-10,12-13H2,1H3,(H3,19,21,22). The van der Waals surface area contributed by atoms with Gasteiger partial charge in [-0.2, -0.15) is 0 Å². The minimum atomic E-state index is 0.420. The molecule has 0 atom stereocenters. The Morgan fingerprint density at radius 2 is 2.08 bits per heavy atom. The number of guanidine groups is 1. The third kappa shape index (κ3) is 5.04. The Labute approximate surface area is 147 Å². The first kappa shape index (κ1) is 16.9. The zero-order valence-electron chi connectivity index (χ0n) is 14.1. The van der Waals surface area contributed by atoms with Crippen molar-refractivity contribution in [3.8, 4) is 0 Å². The second-order valence-corrected chi connectivity index (χ2v) is 7.55. The van der Waals surface area contributed by atoms with E-state index in [-0.39, 0.29) is 0 Å². The molecule has 3 rings (SSSR count). The van der Waals surface area contributed by atoms with E-state index in [1.807, 2.05) is 13.1 Å². The van der Waals surface area contributed by atoms with Crippen LogP contribution in [0.3, 0.4) is 0 Å². The molecule has 0 amide bonds. The number of aromatic nitrogens is 1. The first-order chi connectivity index (χ1) is 11.7. The smallest absolute Gasteiger partial charge is 0.189 e. The summed E-state index contributed by atoms with van der Waals surface area (Å²) in [6.45, 7) is 5.82. The molecule has 1 fully saturated rings. The van der Waals surface area contributed by atoms with Gasteiger partial charge in [-0.05, 0) is 25.3 Å². The van der Waals surface area contributed by atoms with E-state index in [2.05, 4.69) is 50.5 Å². The van der Waals surface area contributed by atoms with Crippen LogP contribution in [0.1, 0.15) is 28.3 Å². The van der Waals surface area contributed by atoms with Gasteiger partial charge >= 0.3 is 0 Å². The number of nitrogens with two attached hydrogens (primary N) is 1. The predicted molar refractivity (Wildman–Crippen MR) is 100 cm³/mol. The van der Waals surface area contributed by atoms with Crippen LogP contribution in [0, 0.1) is 6.92 Å². The number of hydrogen-bond donors (Lipinski definition) is 2. The molecule has 0 aliphatic carbocycles. The van der Waals surface area contributed by atoms with Crippen molar-refractivity contribution >= 4 is 17.3 Å². The maximum atomic E-state index is 6.03. The maximum Gasteiger partial charge on any atom is 0.189 e. The van der Waals surface area contributed by atoms with Crippen LogP contribution in [-0.2, 0) is 13.1 Å². The quantitative estimate of drug-likeness (QED) is 0.647. The Morgan fingerprint density at radius 3 is 2.75 bits per heavy atom. The number of likely N-dealkylation sites (tertiary alicyclic amines) is 1. The summed E-state index contributed by atoms with van der Waals surface area (Å²) in [4.78, 5) is 12.3. The first-order valence-electron chi connectivity index (χ1n) is 8.43. The van der Waals surface area contributed by atoms with E-state index in [4.69, 9.17) is 5.73 Å². The molecule has 2 aromatic rings. The lowest BCUT2D eigenvalue weighted by atomic mass is 10.0. The fourth-order valence-electron chi connectivity index (χ4n) is 2.97. The monoisotopic (exact) mass is 343 g/mol. The van der Waals surface area contributed by atoms with E-state index >= 15 is 0 Å². The maximum absolute atomic E-state index is 6.03. The van der Waals surface area contributed by atoms with Gasteiger partial charge in [0.1, 0.15) is 0 Å². The largest absolute Gasteiger partial charge is 0.370 e. The van der Waals surface area contributed by atoms with E-state index in [0.717, 1.165) is 42.4 Å². The topological polar surface area (TPSA) is 66.5 Å². The summed E-state index contributed by atoms with van der Waals surface area (Å²) in [6, 6.07) is 11.1. The van der Waals surface area contributed by atoms with Gasteiger partial charge < -0.3 is 11.1 Å². The van der Waals surface area contributed by atoms with E-state index in [1.165, 1.54) is 5.56 Å². The summed E-state index contributed by atoms with van der Waals surface area (Å²) < 4.78 is 0. The minimum Gasteiger partial charge on any atom is -0.370 e. The van der Waals surface area contributed by atoms with Crippen LogP contribution in [0.5, 0.6) is 0 Å². The number of thiazole rings is 1. The third-order valence-corrected chi connectivity index (χ3v) is 5.16. The molecule has 1 aromatic heterocycles. The zero-order valence-corrected chi connectivity index (χ0v) is 14.9. The molecule has 0 radical (unpaired) electrons. The fraction of sp³-hybridized carbons (Fsp3) is 0.444. The number of hydrogen-bond acceptors (Lipinski definition) is 4. The van der Waals surface area contributed by atoms with E-state index < -0.39 is 0 Å². The van der Waals surface area contributed by atoms with Crippen molar-refractivity contribution in [2.45, 2.75) is 38.9 Å². The molecule has 3 N–H and O–H groups in total. The average Bonchev–Trinajstić information content (AvgIpc) is 3.01. The van der Waals surface area contributed by atoms with Crippen molar-refractivity contribution in [3.05, 3.63) is 52.0 Å². The van der Waals surface area contributed by atoms with Crippen LogP contribution in [0.15, 0.2) is 41.5 Å². The van der Waals surface area contributed by atoms with Crippen LogP contribution in [0.2, 0.25) is 0 Å². The lowest BCUT2D eigenvalue weighted by molar-refractivity contribution is 0.199. The molecule has 1 saturated heterocycles. The van der Waals surface area contributed by atoms with Crippen molar-refractivity contribution in [3.63, 3.8) is 0 Å². The highest BCUT2D eigenvalue weighted by molar-refractivity contribution is 7.11. The Hall–Kier alpha value is -1.92. The predicted octanol–water partition coefficient (Wildman–Crippen LogP) is 2.52. The second kappa shape index (κ2) is 8.26. The molecule has 1 aliphatic heterocycles. The van der Waals surface area contributed by atoms with Crippen LogP contribution in [-0.4, -0.2) is 35.0 Å². The molecule has 0 unspecified atom stereocenters. The summed E-state index contributed by atoms with van der Waals surface area (Å²) >= 11 is 1.67. The van der Waals surface area contributed by atoms with E-state index in [9.17, 15) is 0 Å². The Kier molecular flexibility index (Phi) is 5.82. The molecule has 0 bridgehead atoms. The number of aryl methyl sites for hydroxylation is 1. The van der Waals surface area contributed by atoms with Gasteiger partial charge in [0.05, 0.1) is 11.6 Å². The molecular formula is C18H25N5S.